The molecule has 6 nitrogen and oxygen atoms in total. The van der Waals surface area contributed by atoms with Gasteiger partial charge in [-0.2, -0.15) is 0 Å². The molecule has 1 atom stereocenters. The smallest absolute Gasteiger partial charge is 0.241 e. The van der Waals surface area contributed by atoms with E-state index in [2.05, 4.69) is 5.32 Å². The van der Waals surface area contributed by atoms with E-state index in [1.54, 1.807) is 32.2 Å². The zero-order valence-electron chi connectivity index (χ0n) is 12.3. The average Bonchev–Trinajstić information content (AvgIpc) is 2.45. The summed E-state index contributed by atoms with van der Waals surface area (Å²) in [5.74, 6) is -0.200. The number of benzene rings is 1. The Labute approximate surface area is 129 Å². The normalized spacial score (nSPS) is 12.4. The minimum Gasteiger partial charge on any atom is -0.397 e. The summed E-state index contributed by atoms with van der Waals surface area (Å²) in [7, 11) is 1.59. The standard InChI is InChI=1S/C14H22ClN3O3/c1-10(18(5-7-19)6-8-21-2)14(20)17-13-4-3-11(15)9-12(13)16/h3-4,9-10,19H,5-8,16H2,1-2H3,(H,17,20). The molecule has 1 unspecified atom stereocenters. The zero-order chi connectivity index (χ0) is 15.8. The van der Waals surface area contributed by atoms with E-state index in [1.807, 2.05) is 4.90 Å². The number of nitrogens with one attached hydrogen (secondary N) is 1. The van der Waals surface area contributed by atoms with E-state index >= 15 is 0 Å². The number of anilines is 2. The van der Waals surface area contributed by atoms with Crippen molar-refractivity contribution in [3.63, 3.8) is 0 Å². The summed E-state index contributed by atoms with van der Waals surface area (Å²) in [5, 5.41) is 12.4. The fraction of sp³-hybridized carbons (Fsp3) is 0.500. The van der Waals surface area contributed by atoms with Crippen LogP contribution in [-0.2, 0) is 9.53 Å². The summed E-state index contributed by atoms with van der Waals surface area (Å²) in [6, 6.07) is 4.49. The minimum absolute atomic E-state index is 0.0234. The monoisotopic (exact) mass is 315 g/mol. The average molecular weight is 316 g/mol. The van der Waals surface area contributed by atoms with Crippen LogP contribution in [0.1, 0.15) is 6.92 Å². The van der Waals surface area contributed by atoms with Crippen LogP contribution in [0.2, 0.25) is 5.02 Å². The summed E-state index contributed by atoms with van der Waals surface area (Å²) >= 11 is 5.82. The maximum Gasteiger partial charge on any atom is 0.241 e. The molecule has 0 spiro atoms. The summed E-state index contributed by atoms with van der Waals surface area (Å²) in [6.45, 7) is 3.19. The molecular weight excluding hydrogens is 294 g/mol. The number of ether oxygens (including phenoxy) is 1. The molecule has 0 fully saturated rings. The molecule has 0 aliphatic rings. The first kappa shape index (κ1) is 17.7. The number of carbonyl (C=O) groups excluding carboxylic acids is 1. The van der Waals surface area contributed by atoms with E-state index in [0.29, 0.717) is 36.1 Å². The predicted octanol–water partition coefficient (Wildman–Crippen LogP) is 1.19. The Hall–Kier alpha value is -1.34. The lowest BCUT2D eigenvalue weighted by molar-refractivity contribution is -0.121. The summed E-state index contributed by atoms with van der Waals surface area (Å²) in [5.41, 5.74) is 6.74. The van der Waals surface area contributed by atoms with Gasteiger partial charge in [0.25, 0.3) is 0 Å². The number of nitrogens with two attached hydrogens (primary N) is 1. The molecule has 0 saturated carbocycles. The van der Waals surface area contributed by atoms with Crippen molar-refractivity contribution in [1.29, 1.82) is 0 Å². The number of hydrogen-bond acceptors (Lipinski definition) is 5. The van der Waals surface area contributed by atoms with Crippen molar-refractivity contribution in [2.24, 2.45) is 0 Å². The van der Waals surface area contributed by atoms with Gasteiger partial charge in [-0.05, 0) is 25.1 Å². The molecule has 4 N–H and O–H groups in total. The van der Waals surface area contributed by atoms with Gasteiger partial charge in [-0.1, -0.05) is 11.6 Å². The highest BCUT2D eigenvalue weighted by atomic mass is 35.5. The van der Waals surface area contributed by atoms with Crippen LogP contribution in [0, 0.1) is 0 Å². The third-order valence-corrected chi connectivity index (χ3v) is 3.40. The van der Waals surface area contributed by atoms with Gasteiger partial charge in [0.1, 0.15) is 0 Å². The Morgan fingerprint density at radius 2 is 2.24 bits per heavy atom. The number of nitrogen functional groups attached to an aromatic ring is 1. The number of halogens is 1. The number of carbonyl (C=O) groups is 1. The topological polar surface area (TPSA) is 87.8 Å². The lowest BCUT2D eigenvalue weighted by atomic mass is 10.2. The molecule has 1 aromatic carbocycles. The number of rotatable bonds is 8. The molecule has 0 aliphatic heterocycles. The van der Waals surface area contributed by atoms with Crippen LogP contribution >= 0.6 is 11.6 Å². The van der Waals surface area contributed by atoms with Gasteiger partial charge in [0.2, 0.25) is 5.91 Å². The second-order valence-electron chi connectivity index (χ2n) is 4.65. The maximum atomic E-state index is 12.3. The van der Waals surface area contributed by atoms with Gasteiger partial charge < -0.3 is 20.9 Å². The van der Waals surface area contributed by atoms with E-state index in [1.165, 1.54) is 0 Å². The van der Waals surface area contributed by atoms with Crippen LogP contribution in [0.25, 0.3) is 0 Å². The molecule has 0 heterocycles. The highest BCUT2D eigenvalue weighted by molar-refractivity contribution is 6.31. The molecule has 1 rings (SSSR count). The van der Waals surface area contributed by atoms with Crippen molar-refractivity contribution >= 4 is 28.9 Å². The molecule has 0 bridgehead atoms. The van der Waals surface area contributed by atoms with Crippen LogP contribution in [0.5, 0.6) is 0 Å². The zero-order valence-corrected chi connectivity index (χ0v) is 13.1. The number of nitrogens with zero attached hydrogens (tertiary/aromatic N) is 1. The lowest BCUT2D eigenvalue weighted by Gasteiger charge is -2.27. The van der Waals surface area contributed by atoms with E-state index in [0.717, 1.165) is 0 Å². The summed E-state index contributed by atoms with van der Waals surface area (Å²) < 4.78 is 5.01. The van der Waals surface area contributed by atoms with Crippen molar-refractivity contribution in [2.45, 2.75) is 13.0 Å². The first-order chi connectivity index (χ1) is 9.99. The number of methoxy groups -OCH3 is 1. The Kier molecular flexibility index (Phi) is 7.45. The second kappa shape index (κ2) is 8.84. The van der Waals surface area contributed by atoms with Crippen molar-refractivity contribution in [1.82, 2.24) is 4.90 Å². The molecule has 0 aromatic heterocycles. The van der Waals surface area contributed by atoms with E-state index < -0.39 is 6.04 Å². The first-order valence-corrected chi connectivity index (χ1v) is 7.07. The van der Waals surface area contributed by atoms with Crippen LogP contribution in [-0.4, -0.2) is 55.4 Å². The molecule has 7 heteroatoms. The van der Waals surface area contributed by atoms with E-state index in [9.17, 15) is 4.79 Å². The van der Waals surface area contributed by atoms with Crippen molar-refractivity contribution in [3.8, 4) is 0 Å². The van der Waals surface area contributed by atoms with Crippen molar-refractivity contribution < 1.29 is 14.6 Å². The van der Waals surface area contributed by atoms with Gasteiger partial charge >= 0.3 is 0 Å². The molecule has 1 amide bonds. The number of amides is 1. The molecule has 1 aromatic rings. The number of aliphatic hydroxyl groups excluding tert-OH is 1. The fourth-order valence-corrected chi connectivity index (χ4v) is 2.07. The van der Waals surface area contributed by atoms with E-state index in [-0.39, 0.29) is 12.5 Å². The highest BCUT2D eigenvalue weighted by Gasteiger charge is 2.21. The molecule has 0 saturated heterocycles. The highest BCUT2D eigenvalue weighted by Crippen LogP contribution is 2.23. The van der Waals surface area contributed by atoms with Crippen molar-refractivity contribution in [2.75, 3.05) is 44.5 Å². The van der Waals surface area contributed by atoms with Crippen LogP contribution in [0.3, 0.4) is 0 Å². The largest absolute Gasteiger partial charge is 0.397 e. The lowest BCUT2D eigenvalue weighted by Crippen LogP contribution is -2.45. The molecule has 21 heavy (non-hydrogen) atoms. The number of hydrogen-bond donors (Lipinski definition) is 3. The summed E-state index contributed by atoms with van der Waals surface area (Å²) in [4.78, 5) is 14.1. The Morgan fingerprint density at radius 3 is 2.81 bits per heavy atom. The van der Waals surface area contributed by atoms with Crippen LogP contribution < -0.4 is 11.1 Å². The quantitative estimate of drug-likeness (QED) is 0.627. The van der Waals surface area contributed by atoms with E-state index in [4.69, 9.17) is 27.2 Å². The maximum absolute atomic E-state index is 12.3. The Morgan fingerprint density at radius 1 is 1.52 bits per heavy atom. The SMILES string of the molecule is COCCN(CCO)C(C)C(=O)Nc1ccc(Cl)cc1N. The van der Waals surface area contributed by atoms with Gasteiger partial charge in [-0.25, -0.2) is 0 Å². The van der Waals surface area contributed by atoms with Crippen molar-refractivity contribution in [3.05, 3.63) is 23.2 Å². The third kappa shape index (κ3) is 5.51. The molecule has 0 aliphatic carbocycles. The van der Waals surface area contributed by atoms with Gasteiger partial charge in [0.05, 0.1) is 30.6 Å². The fourth-order valence-electron chi connectivity index (χ4n) is 1.89. The van der Waals surface area contributed by atoms with Gasteiger partial charge in [-0.3, -0.25) is 9.69 Å². The predicted molar refractivity (Wildman–Crippen MR) is 84.5 cm³/mol. The van der Waals surface area contributed by atoms with Crippen LogP contribution in [0.15, 0.2) is 18.2 Å². The number of aliphatic hydroxyl groups is 1. The molecule has 118 valence electrons. The minimum atomic E-state index is -0.414. The Balaban J connectivity index is 2.71. The van der Waals surface area contributed by atoms with Gasteiger partial charge in [0, 0.05) is 25.2 Å². The summed E-state index contributed by atoms with van der Waals surface area (Å²) in [6.07, 6.45) is 0. The van der Waals surface area contributed by atoms with Crippen LogP contribution in [0.4, 0.5) is 11.4 Å². The molecule has 0 radical (unpaired) electrons. The third-order valence-electron chi connectivity index (χ3n) is 3.17. The second-order valence-corrected chi connectivity index (χ2v) is 5.09. The first-order valence-electron chi connectivity index (χ1n) is 6.69. The van der Waals surface area contributed by atoms with Gasteiger partial charge in [-0.15, -0.1) is 0 Å². The molecular formula is C14H22ClN3O3. The Bertz CT molecular complexity index is 471. The van der Waals surface area contributed by atoms with Gasteiger partial charge in [0.15, 0.2) is 0 Å².